The molecule has 6 nitrogen and oxygen atoms in total. The summed E-state index contributed by atoms with van der Waals surface area (Å²) in [5.41, 5.74) is 3.69. The zero-order valence-corrected chi connectivity index (χ0v) is 18.2. The number of fused-ring (bicyclic) bond motifs is 2. The number of ether oxygens (including phenoxy) is 1. The second-order valence-corrected chi connectivity index (χ2v) is 8.46. The van der Waals surface area contributed by atoms with E-state index in [0.717, 1.165) is 49.1 Å². The molecule has 0 bridgehead atoms. The van der Waals surface area contributed by atoms with Crippen LogP contribution in [0.5, 0.6) is 5.75 Å². The van der Waals surface area contributed by atoms with Crippen LogP contribution in [0.3, 0.4) is 0 Å². The molecule has 3 aromatic heterocycles. The Morgan fingerprint density at radius 2 is 1.93 bits per heavy atom. The fourth-order valence-electron chi connectivity index (χ4n) is 3.47. The Kier molecular flexibility index (Phi) is 4.56. The summed E-state index contributed by atoms with van der Waals surface area (Å²) in [5.74, 6) is 2.24. The Labute approximate surface area is 182 Å². The van der Waals surface area contributed by atoms with E-state index < -0.39 is 0 Å². The van der Waals surface area contributed by atoms with E-state index in [4.69, 9.17) is 21.3 Å². The number of halogens is 1. The molecular formula is C22H18ClN5OS. The van der Waals surface area contributed by atoms with E-state index in [-0.39, 0.29) is 0 Å². The first-order valence-electron chi connectivity index (χ1n) is 9.36. The maximum absolute atomic E-state index is 6.11. The third-order valence-electron chi connectivity index (χ3n) is 4.85. The fraction of sp³-hybridized carbons (Fsp3) is 0.136. The second-order valence-electron chi connectivity index (χ2n) is 6.99. The van der Waals surface area contributed by atoms with Crippen LogP contribution in [0, 0.1) is 13.8 Å². The Morgan fingerprint density at radius 3 is 2.77 bits per heavy atom. The van der Waals surface area contributed by atoms with Crippen LogP contribution in [0.1, 0.15) is 11.3 Å². The highest BCUT2D eigenvalue weighted by atomic mass is 35.5. The molecule has 30 heavy (non-hydrogen) atoms. The fourth-order valence-corrected chi connectivity index (χ4v) is 4.62. The van der Waals surface area contributed by atoms with Crippen LogP contribution < -0.4 is 10.1 Å². The zero-order valence-electron chi connectivity index (χ0n) is 16.6. The second kappa shape index (κ2) is 7.27. The van der Waals surface area contributed by atoms with E-state index in [1.54, 1.807) is 23.1 Å². The van der Waals surface area contributed by atoms with Crippen molar-refractivity contribution in [3.8, 4) is 11.6 Å². The predicted octanol–water partition coefficient (Wildman–Crippen LogP) is 6.05. The minimum atomic E-state index is 0.698. The van der Waals surface area contributed by atoms with Crippen molar-refractivity contribution in [2.75, 3.05) is 12.4 Å². The number of benzene rings is 2. The summed E-state index contributed by atoms with van der Waals surface area (Å²) in [6.45, 7) is 4.02. The van der Waals surface area contributed by atoms with Gasteiger partial charge in [0.25, 0.3) is 0 Å². The number of thiazole rings is 1. The van der Waals surface area contributed by atoms with Crippen molar-refractivity contribution < 1.29 is 4.74 Å². The summed E-state index contributed by atoms with van der Waals surface area (Å²) in [5, 5.41) is 10.6. The van der Waals surface area contributed by atoms with Gasteiger partial charge in [0, 0.05) is 16.5 Å². The van der Waals surface area contributed by atoms with Crippen molar-refractivity contribution in [1.29, 1.82) is 0 Å². The van der Waals surface area contributed by atoms with Gasteiger partial charge in [-0.25, -0.2) is 9.97 Å². The first kappa shape index (κ1) is 18.8. The third-order valence-corrected chi connectivity index (χ3v) is 6.02. The summed E-state index contributed by atoms with van der Waals surface area (Å²) in [6.07, 6.45) is 0. The molecular weight excluding hydrogens is 418 g/mol. The van der Waals surface area contributed by atoms with Crippen molar-refractivity contribution in [1.82, 2.24) is 19.7 Å². The lowest BCUT2D eigenvalue weighted by Crippen LogP contribution is -2.05. The van der Waals surface area contributed by atoms with E-state index in [1.165, 1.54) is 0 Å². The number of anilines is 2. The van der Waals surface area contributed by atoms with Gasteiger partial charge in [-0.1, -0.05) is 35.1 Å². The molecule has 2 aromatic carbocycles. The largest absolute Gasteiger partial charge is 0.494 e. The lowest BCUT2D eigenvalue weighted by atomic mass is 10.1. The lowest BCUT2D eigenvalue weighted by molar-refractivity contribution is 0.419. The van der Waals surface area contributed by atoms with E-state index >= 15 is 0 Å². The van der Waals surface area contributed by atoms with Gasteiger partial charge in [0.15, 0.2) is 10.9 Å². The van der Waals surface area contributed by atoms with Crippen molar-refractivity contribution in [3.05, 3.63) is 64.8 Å². The molecule has 0 amide bonds. The number of para-hydroxylation sites is 1. The molecule has 1 N–H and O–H groups in total. The summed E-state index contributed by atoms with van der Waals surface area (Å²) in [7, 11) is 1.66. The number of hydrogen-bond donors (Lipinski definition) is 1. The molecule has 0 fully saturated rings. The molecule has 0 saturated heterocycles. The van der Waals surface area contributed by atoms with Gasteiger partial charge >= 0.3 is 0 Å². The first-order valence-corrected chi connectivity index (χ1v) is 10.6. The van der Waals surface area contributed by atoms with Crippen LogP contribution in [0.4, 0.5) is 10.9 Å². The number of aryl methyl sites for hydroxylation is 2. The molecule has 0 saturated carbocycles. The molecule has 0 aliphatic rings. The molecule has 8 heteroatoms. The van der Waals surface area contributed by atoms with Gasteiger partial charge in [-0.3, -0.25) is 0 Å². The topological polar surface area (TPSA) is 64.9 Å². The van der Waals surface area contributed by atoms with Gasteiger partial charge in [0.2, 0.25) is 0 Å². The van der Waals surface area contributed by atoms with Gasteiger partial charge in [-0.2, -0.15) is 9.78 Å². The van der Waals surface area contributed by atoms with E-state index in [2.05, 4.69) is 22.3 Å². The molecule has 5 rings (SSSR count). The zero-order chi connectivity index (χ0) is 20.8. The molecule has 150 valence electrons. The molecule has 3 heterocycles. The summed E-state index contributed by atoms with van der Waals surface area (Å²) in [6, 6.07) is 15.6. The number of nitrogens with zero attached hydrogens (tertiary/aromatic N) is 4. The monoisotopic (exact) mass is 435 g/mol. The molecule has 0 radical (unpaired) electrons. The highest BCUT2D eigenvalue weighted by Gasteiger charge is 2.15. The van der Waals surface area contributed by atoms with Gasteiger partial charge < -0.3 is 10.1 Å². The number of hydrogen-bond acceptors (Lipinski definition) is 6. The molecule has 0 unspecified atom stereocenters. The molecule has 5 aromatic rings. The minimum Gasteiger partial charge on any atom is -0.494 e. The van der Waals surface area contributed by atoms with E-state index in [1.807, 2.05) is 55.5 Å². The number of methoxy groups -OCH3 is 1. The quantitative estimate of drug-likeness (QED) is 0.372. The van der Waals surface area contributed by atoms with Crippen LogP contribution in [-0.2, 0) is 0 Å². The van der Waals surface area contributed by atoms with Crippen LogP contribution in [0.15, 0.2) is 48.5 Å². The average molecular weight is 436 g/mol. The Balaban J connectivity index is 1.61. The number of pyridine rings is 1. The van der Waals surface area contributed by atoms with Crippen molar-refractivity contribution in [3.63, 3.8) is 0 Å². The minimum absolute atomic E-state index is 0.698. The average Bonchev–Trinajstić information content (AvgIpc) is 3.29. The Hall–Kier alpha value is -3.16. The molecule has 0 aliphatic carbocycles. The Bertz CT molecular complexity index is 1410. The summed E-state index contributed by atoms with van der Waals surface area (Å²) >= 11 is 7.65. The number of nitrogens with one attached hydrogen (secondary N) is 1. The first-order chi connectivity index (χ1) is 14.5. The number of aromatic nitrogens is 4. The van der Waals surface area contributed by atoms with Crippen molar-refractivity contribution >= 4 is 55.0 Å². The maximum Gasteiger partial charge on any atom is 0.189 e. The maximum atomic E-state index is 6.11. The normalized spacial score (nSPS) is 11.3. The highest BCUT2D eigenvalue weighted by Crippen LogP contribution is 2.32. The lowest BCUT2D eigenvalue weighted by Gasteiger charge is -2.12. The van der Waals surface area contributed by atoms with Crippen molar-refractivity contribution in [2.45, 2.75) is 13.8 Å². The van der Waals surface area contributed by atoms with Gasteiger partial charge in [0.1, 0.15) is 17.1 Å². The van der Waals surface area contributed by atoms with Crippen LogP contribution in [-0.4, -0.2) is 26.9 Å². The summed E-state index contributed by atoms with van der Waals surface area (Å²) in [4.78, 5) is 9.50. The summed E-state index contributed by atoms with van der Waals surface area (Å²) < 4.78 is 8.34. The Morgan fingerprint density at radius 1 is 1.07 bits per heavy atom. The van der Waals surface area contributed by atoms with Crippen LogP contribution in [0.2, 0.25) is 5.02 Å². The van der Waals surface area contributed by atoms with Gasteiger partial charge in [0.05, 0.1) is 23.0 Å². The standard InChI is InChI=1S/C22H18ClN5OS/c1-12-9-19(25-21-15(12)5-4-6-17(21)29-3)28-20(10-13(2)27-28)26-22-24-16-8-7-14(23)11-18(16)30-22/h4-11H,1-3H3,(H,24,26). The molecule has 0 atom stereocenters. The molecule has 0 aliphatic heterocycles. The highest BCUT2D eigenvalue weighted by molar-refractivity contribution is 7.22. The van der Waals surface area contributed by atoms with Crippen LogP contribution >= 0.6 is 22.9 Å². The van der Waals surface area contributed by atoms with Gasteiger partial charge in [-0.05, 0) is 49.7 Å². The van der Waals surface area contributed by atoms with Crippen LogP contribution in [0.25, 0.3) is 26.9 Å². The van der Waals surface area contributed by atoms with Crippen molar-refractivity contribution in [2.24, 2.45) is 0 Å². The molecule has 0 spiro atoms. The van der Waals surface area contributed by atoms with E-state index in [9.17, 15) is 0 Å². The van der Waals surface area contributed by atoms with Gasteiger partial charge in [-0.15, -0.1) is 0 Å². The third kappa shape index (κ3) is 3.26. The predicted molar refractivity (Wildman–Crippen MR) is 123 cm³/mol. The SMILES string of the molecule is COc1cccc2c(C)cc(-n3nc(C)cc3Nc3nc4ccc(Cl)cc4s3)nc12. The number of rotatable bonds is 4. The smallest absolute Gasteiger partial charge is 0.189 e. The van der Waals surface area contributed by atoms with E-state index in [0.29, 0.717) is 10.8 Å².